The number of carbonyl (C=O) groups is 3. The smallest absolute Gasteiger partial charge is 0.235 e. The Labute approximate surface area is 185 Å². The summed E-state index contributed by atoms with van der Waals surface area (Å²) in [7, 11) is 0. The minimum absolute atomic E-state index is 0.0695. The average Bonchev–Trinajstić information content (AvgIpc) is 2.92. The third-order valence-corrected chi connectivity index (χ3v) is 7.45. The zero-order chi connectivity index (χ0) is 22.6. The first-order valence-electron chi connectivity index (χ1n) is 11.6. The molecular weight excluding hydrogens is 392 g/mol. The van der Waals surface area contributed by atoms with Crippen LogP contribution in [0, 0.1) is 16.7 Å². The number of likely N-dealkylation sites (tertiary alicyclic amines) is 1. The topological polar surface area (TPSA) is 75.7 Å². The van der Waals surface area contributed by atoms with Gasteiger partial charge in [0.05, 0.1) is 12.0 Å². The molecular formula is C25H36N2O4. The van der Waals surface area contributed by atoms with E-state index in [1.807, 2.05) is 45.0 Å². The Balaban J connectivity index is 1.45. The summed E-state index contributed by atoms with van der Waals surface area (Å²) in [5.41, 5.74) is -0.0851. The fourth-order valence-electron chi connectivity index (χ4n) is 4.91. The van der Waals surface area contributed by atoms with Gasteiger partial charge in [-0.15, -0.1) is 0 Å². The predicted molar refractivity (Wildman–Crippen MR) is 121 cm³/mol. The first-order chi connectivity index (χ1) is 14.7. The van der Waals surface area contributed by atoms with E-state index < -0.39 is 5.41 Å². The lowest BCUT2D eigenvalue weighted by atomic mass is 9.62. The van der Waals surface area contributed by atoms with E-state index in [9.17, 15) is 14.4 Å². The van der Waals surface area contributed by atoms with Gasteiger partial charge < -0.3 is 10.1 Å². The maximum Gasteiger partial charge on any atom is 0.235 e. The molecule has 1 saturated carbocycles. The lowest BCUT2D eigenvalue weighted by molar-refractivity contribution is -0.168. The first kappa shape index (κ1) is 23.3. The monoisotopic (exact) mass is 428 g/mol. The second-order valence-corrected chi connectivity index (χ2v) is 9.67. The number of nitrogens with one attached hydrogen (secondary N) is 1. The summed E-state index contributed by atoms with van der Waals surface area (Å²) in [6.07, 6.45) is 5.59. The fourth-order valence-corrected chi connectivity index (χ4v) is 4.91. The third-order valence-electron chi connectivity index (χ3n) is 7.45. The quantitative estimate of drug-likeness (QED) is 0.430. The number of benzene rings is 1. The summed E-state index contributed by atoms with van der Waals surface area (Å²) in [6.45, 7) is 9.21. The van der Waals surface area contributed by atoms with E-state index in [1.54, 1.807) is 0 Å². The highest BCUT2D eigenvalue weighted by Gasteiger charge is 2.64. The van der Waals surface area contributed by atoms with Crippen LogP contribution in [0.4, 0.5) is 5.69 Å². The van der Waals surface area contributed by atoms with Crippen molar-refractivity contribution in [2.75, 3.05) is 18.5 Å². The van der Waals surface area contributed by atoms with Crippen molar-refractivity contribution in [3.05, 3.63) is 24.3 Å². The van der Waals surface area contributed by atoms with Gasteiger partial charge in [0.2, 0.25) is 17.7 Å². The maximum atomic E-state index is 13.0. The maximum absolute atomic E-state index is 13.0. The van der Waals surface area contributed by atoms with E-state index in [1.165, 1.54) is 4.90 Å². The molecule has 2 bridgehead atoms. The number of rotatable bonds is 10. The summed E-state index contributed by atoms with van der Waals surface area (Å²) in [5, 5.41) is 2.87. The van der Waals surface area contributed by atoms with Crippen LogP contribution in [0.15, 0.2) is 24.3 Å². The molecule has 1 aromatic carbocycles. The van der Waals surface area contributed by atoms with Gasteiger partial charge in [0.1, 0.15) is 5.75 Å². The molecule has 2 aliphatic rings. The van der Waals surface area contributed by atoms with Crippen molar-refractivity contribution < 1.29 is 19.1 Å². The SMILES string of the molecule is CCCCCOc1ccc(NC(=O)CCCN2C(=O)C3CCC(C)(C2=O)C3(C)C)cc1. The summed E-state index contributed by atoms with van der Waals surface area (Å²) >= 11 is 0. The van der Waals surface area contributed by atoms with Crippen LogP contribution in [-0.4, -0.2) is 35.8 Å². The second kappa shape index (κ2) is 9.41. The standard InChI is InChI=1S/C25H36N2O4/c1-5-6-7-17-31-19-12-10-18(11-13-19)26-21(28)9-8-16-27-22(29)20-14-15-25(4,23(27)30)24(20,2)3/h10-13,20H,5-9,14-17H2,1-4H3,(H,26,28). The van der Waals surface area contributed by atoms with E-state index in [4.69, 9.17) is 4.74 Å². The van der Waals surface area contributed by atoms with Crippen LogP contribution in [0.25, 0.3) is 0 Å². The van der Waals surface area contributed by atoms with Gasteiger partial charge in [-0.2, -0.15) is 0 Å². The van der Waals surface area contributed by atoms with E-state index >= 15 is 0 Å². The molecule has 6 nitrogen and oxygen atoms in total. The molecule has 0 aromatic heterocycles. The van der Waals surface area contributed by atoms with Gasteiger partial charge >= 0.3 is 0 Å². The van der Waals surface area contributed by atoms with Gasteiger partial charge in [-0.3, -0.25) is 19.3 Å². The van der Waals surface area contributed by atoms with Crippen molar-refractivity contribution in [2.24, 2.45) is 16.7 Å². The normalized spacial score (nSPS) is 24.4. The number of piperidine rings is 1. The Hall–Kier alpha value is -2.37. The van der Waals surface area contributed by atoms with Crippen molar-refractivity contribution in [3.63, 3.8) is 0 Å². The molecule has 0 radical (unpaired) electrons. The fraction of sp³-hybridized carbons (Fsp3) is 0.640. The molecule has 1 aromatic rings. The minimum Gasteiger partial charge on any atom is -0.494 e. The molecule has 0 spiro atoms. The van der Waals surface area contributed by atoms with Gasteiger partial charge in [-0.05, 0) is 55.4 Å². The number of hydrogen-bond acceptors (Lipinski definition) is 4. The number of unbranched alkanes of at least 4 members (excludes halogenated alkanes) is 2. The number of amides is 3. The molecule has 2 atom stereocenters. The molecule has 1 N–H and O–H groups in total. The van der Waals surface area contributed by atoms with Crippen LogP contribution in [0.1, 0.15) is 72.6 Å². The van der Waals surface area contributed by atoms with Crippen molar-refractivity contribution in [1.29, 1.82) is 0 Å². The number of ether oxygens (including phenoxy) is 1. The number of fused-ring (bicyclic) bond motifs is 2. The summed E-state index contributed by atoms with van der Waals surface area (Å²) in [6, 6.07) is 7.35. The molecule has 1 aliphatic carbocycles. The zero-order valence-electron chi connectivity index (χ0n) is 19.3. The Morgan fingerprint density at radius 1 is 1.13 bits per heavy atom. The number of nitrogens with zero attached hydrogens (tertiary/aromatic N) is 1. The summed E-state index contributed by atoms with van der Waals surface area (Å²) < 4.78 is 5.68. The average molecular weight is 429 g/mol. The molecule has 2 unspecified atom stereocenters. The largest absolute Gasteiger partial charge is 0.494 e. The lowest BCUT2D eigenvalue weighted by Gasteiger charge is -2.47. The van der Waals surface area contributed by atoms with Crippen molar-refractivity contribution >= 4 is 23.4 Å². The Kier molecular flexibility index (Phi) is 7.07. The van der Waals surface area contributed by atoms with Gasteiger partial charge in [0.15, 0.2) is 0 Å². The second-order valence-electron chi connectivity index (χ2n) is 9.67. The molecule has 31 heavy (non-hydrogen) atoms. The van der Waals surface area contributed by atoms with Crippen molar-refractivity contribution in [2.45, 2.75) is 72.6 Å². The van der Waals surface area contributed by atoms with E-state index in [-0.39, 0.29) is 35.5 Å². The van der Waals surface area contributed by atoms with Gasteiger partial charge in [0.25, 0.3) is 0 Å². The van der Waals surface area contributed by atoms with E-state index in [0.29, 0.717) is 25.3 Å². The van der Waals surface area contributed by atoms with E-state index in [0.717, 1.165) is 37.9 Å². The molecule has 170 valence electrons. The van der Waals surface area contributed by atoms with Crippen LogP contribution >= 0.6 is 0 Å². The van der Waals surface area contributed by atoms with Crippen LogP contribution in [0.3, 0.4) is 0 Å². The van der Waals surface area contributed by atoms with Gasteiger partial charge in [-0.25, -0.2) is 0 Å². The van der Waals surface area contributed by atoms with Crippen LogP contribution < -0.4 is 10.1 Å². The highest BCUT2D eigenvalue weighted by Crippen LogP contribution is 2.60. The lowest BCUT2D eigenvalue weighted by Crippen LogP contribution is -2.59. The highest BCUT2D eigenvalue weighted by atomic mass is 16.5. The van der Waals surface area contributed by atoms with E-state index in [2.05, 4.69) is 12.2 Å². The number of hydrogen-bond donors (Lipinski definition) is 1. The number of imide groups is 1. The Bertz CT molecular complexity index is 817. The highest BCUT2D eigenvalue weighted by molar-refractivity contribution is 6.03. The zero-order valence-corrected chi connectivity index (χ0v) is 19.3. The first-order valence-corrected chi connectivity index (χ1v) is 11.6. The molecule has 2 fully saturated rings. The summed E-state index contributed by atoms with van der Waals surface area (Å²) in [5.74, 6) is 0.420. The minimum atomic E-state index is -0.492. The molecule has 6 heteroatoms. The predicted octanol–water partition coefficient (Wildman–Crippen LogP) is 4.79. The van der Waals surface area contributed by atoms with Crippen LogP contribution in [0.5, 0.6) is 5.75 Å². The van der Waals surface area contributed by atoms with Crippen molar-refractivity contribution in [3.8, 4) is 5.75 Å². The summed E-state index contributed by atoms with van der Waals surface area (Å²) in [4.78, 5) is 39.6. The Morgan fingerprint density at radius 3 is 2.52 bits per heavy atom. The molecule has 1 heterocycles. The van der Waals surface area contributed by atoms with Crippen molar-refractivity contribution in [1.82, 2.24) is 4.90 Å². The molecule has 3 rings (SSSR count). The molecule has 1 aliphatic heterocycles. The number of anilines is 1. The van der Waals surface area contributed by atoms with Gasteiger partial charge in [0, 0.05) is 24.6 Å². The van der Waals surface area contributed by atoms with Crippen LogP contribution in [-0.2, 0) is 14.4 Å². The third kappa shape index (κ3) is 4.63. The molecule has 3 amide bonds. The van der Waals surface area contributed by atoms with Crippen LogP contribution in [0.2, 0.25) is 0 Å². The Morgan fingerprint density at radius 2 is 1.84 bits per heavy atom. The van der Waals surface area contributed by atoms with Gasteiger partial charge in [-0.1, -0.05) is 40.5 Å². The number of carbonyl (C=O) groups excluding carboxylic acids is 3. The molecule has 1 saturated heterocycles.